The van der Waals surface area contributed by atoms with Crippen molar-refractivity contribution in [3.8, 4) is 0 Å². The molecule has 3 aromatic carbocycles. The van der Waals surface area contributed by atoms with Crippen LogP contribution in [-0.2, 0) is 16.1 Å². The highest BCUT2D eigenvalue weighted by Crippen LogP contribution is 2.28. The summed E-state index contributed by atoms with van der Waals surface area (Å²) in [6, 6.07) is 22.8. The number of para-hydroxylation sites is 1. The van der Waals surface area contributed by atoms with Crippen molar-refractivity contribution in [1.29, 1.82) is 0 Å². The van der Waals surface area contributed by atoms with Crippen LogP contribution in [0.1, 0.15) is 48.4 Å². The lowest BCUT2D eigenvalue weighted by Crippen LogP contribution is -2.54. The molecule has 0 spiro atoms. The maximum absolute atomic E-state index is 13.5. The minimum Gasteiger partial charge on any atom is -0.342 e. The van der Waals surface area contributed by atoms with Gasteiger partial charge in [-0.15, -0.1) is 0 Å². The number of hydrogen-bond donors (Lipinski definition) is 1. The molecular formula is C31H29N3O3. The molecule has 1 saturated heterocycles. The molecule has 1 N–H and O–H groups in total. The zero-order chi connectivity index (χ0) is 26.1. The molecule has 0 bridgehead atoms. The molecule has 4 amide bonds. The number of imide groups is 2. The fourth-order valence-corrected chi connectivity index (χ4v) is 4.65. The fourth-order valence-electron chi connectivity index (χ4n) is 4.65. The zero-order valence-corrected chi connectivity index (χ0v) is 21.2. The maximum atomic E-state index is 13.5. The van der Waals surface area contributed by atoms with E-state index in [1.54, 1.807) is 18.2 Å². The van der Waals surface area contributed by atoms with Gasteiger partial charge < -0.3 is 4.57 Å². The van der Waals surface area contributed by atoms with Crippen molar-refractivity contribution >= 4 is 40.5 Å². The molecule has 37 heavy (non-hydrogen) atoms. The van der Waals surface area contributed by atoms with E-state index in [2.05, 4.69) is 54.9 Å². The predicted molar refractivity (Wildman–Crippen MR) is 146 cm³/mol. The van der Waals surface area contributed by atoms with E-state index < -0.39 is 17.8 Å². The van der Waals surface area contributed by atoms with Gasteiger partial charge in [-0.3, -0.25) is 14.9 Å². The number of barbiturate groups is 1. The fraction of sp³-hybridized carbons (Fsp3) is 0.194. The minimum atomic E-state index is -0.745. The topological polar surface area (TPSA) is 71.4 Å². The summed E-state index contributed by atoms with van der Waals surface area (Å²) >= 11 is 0. The Kier molecular flexibility index (Phi) is 6.49. The number of aryl methyl sites for hydroxylation is 1. The number of anilines is 1. The molecule has 0 radical (unpaired) electrons. The van der Waals surface area contributed by atoms with Gasteiger partial charge in [0.05, 0.1) is 5.69 Å². The summed E-state index contributed by atoms with van der Waals surface area (Å²) in [5, 5.41) is 3.25. The smallest absolute Gasteiger partial charge is 0.335 e. The highest BCUT2D eigenvalue weighted by atomic mass is 16.2. The number of carbonyl (C=O) groups is 3. The molecule has 1 fully saturated rings. The van der Waals surface area contributed by atoms with Crippen LogP contribution in [0.4, 0.5) is 10.5 Å². The molecule has 4 aromatic rings. The van der Waals surface area contributed by atoms with Gasteiger partial charge in [0.25, 0.3) is 11.8 Å². The summed E-state index contributed by atoms with van der Waals surface area (Å²) in [6.45, 7) is 6.94. The van der Waals surface area contributed by atoms with Crippen LogP contribution < -0.4 is 10.2 Å². The van der Waals surface area contributed by atoms with E-state index in [0.29, 0.717) is 18.2 Å². The van der Waals surface area contributed by atoms with Crippen molar-refractivity contribution in [3.05, 3.63) is 107 Å². The number of hydrogen-bond acceptors (Lipinski definition) is 3. The van der Waals surface area contributed by atoms with E-state index in [0.717, 1.165) is 38.9 Å². The SMILES string of the molecule is CC[C@@H](C)c1ccc(N2C(=O)NC(=O)/C(=C/c3cn(Cc4ccc(C)cc4)c4ccccc34)C2=O)cc1. The Morgan fingerprint density at radius 1 is 0.919 bits per heavy atom. The molecule has 1 aliphatic heterocycles. The second-order valence-electron chi connectivity index (χ2n) is 9.57. The van der Waals surface area contributed by atoms with Crippen LogP contribution in [0, 0.1) is 6.92 Å². The number of nitrogens with one attached hydrogen (secondary N) is 1. The molecule has 1 aromatic heterocycles. The minimum absolute atomic E-state index is 0.0798. The van der Waals surface area contributed by atoms with Gasteiger partial charge in [-0.2, -0.15) is 0 Å². The average molecular weight is 492 g/mol. The van der Waals surface area contributed by atoms with E-state index in [1.165, 1.54) is 5.56 Å². The number of urea groups is 1. The van der Waals surface area contributed by atoms with Gasteiger partial charge in [0.2, 0.25) is 0 Å². The lowest BCUT2D eigenvalue weighted by molar-refractivity contribution is -0.122. The number of fused-ring (bicyclic) bond motifs is 1. The molecule has 0 saturated carbocycles. The summed E-state index contributed by atoms with van der Waals surface area (Å²) < 4.78 is 2.11. The summed E-state index contributed by atoms with van der Waals surface area (Å²) in [4.78, 5) is 40.0. The van der Waals surface area contributed by atoms with Crippen molar-refractivity contribution in [2.75, 3.05) is 4.90 Å². The van der Waals surface area contributed by atoms with Gasteiger partial charge in [0, 0.05) is 29.2 Å². The molecular weight excluding hydrogens is 462 g/mol. The highest BCUT2D eigenvalue weighted by Gasteiger charge is 2.37. The van der Waals surface area contributed by atoms with E-state index in [-0.39, 0.29) is 5.57 Å². The summed E-state index contributed by atoms with van der Waals surface area (Å²) in [5.41, 5.74) is 5.55. The number of benzene rings is 3. The number of aromatic nitrogens is 1. The Labute approximate surface area is 216 Å². The average Bonchev–Trinajstić information content (AvgIpc) is 3.24. The van der Waals surface area contributed by atoms with E-state index >= 15 is 0 Å². The van der Waals surface area contributed by atoms with E-state index in [9.17, 15) is 14.4 Å². The van der Waals surface area contributed by atoms with Crippen LogP contribution in [0.5, 0.6) is 0 Å². The maximum Gasteiger partial charge on any atom is 0.335 e. The molecule has 5 rings (SSSR count). The third-order valence-electron chi connectivity index (χ3n) is 7.03. The first-order valence-corrected chi connectivity index (χ1v) is 12.5. The van der Waals surface area contributed by atoms with Crippen LogP contribution in [0.25, 0.3) is 17.0 Å². The number of rotatable bonds is 6. The first-order valence-electron chi connectivity index (χ1n) is 12.5. The van der Waals surface area contributed by atoms with Crippen LogP contribution in [-0.4, -0.2) is 22.4 Å². The Hall–Kier alpha value is -4.45. The Morgan fingerprint density at radius 2 is 1.62 bits per heavy atom. The molecule has 6 nitrogen and oxygen atoms in total. The van der Waals surface area contributed by atoms with Crippen LogP contribution in [0.3, 0.4) is 0 Å². The predicted octanol–water partition coefficient (Wildman–Crippen LogP) is 6.18. The van der Waals surface area contributed by atoms with Gasteiger partial charge in [0.15, 0.2) is 0 Å². The molecule has 1 atom stereocenters. The van der Waals surface area contributed by atoms with Crippen molar-refractivity contribution in [1.82, 2.24) is 9.88 Å². The zero-order valence-electron chi connectivity index (χ0n) is 21.2. The lowest BCUT2D eigenvalue weighted by atomic mass is 9.98. The molecule has 0 unspecified atom stereocenters. The second-order valence-corrected chi connectivity index (χ2v) is 9.57. The van der Waals surface area contributed by atoms with Crippen molar-refractivity contribution in [2.45, 2.75) is 39.7 Å². The normalized spacial score (nSPS) is 15.9. The molecule has 1 aliphatic rings. The summed E-state index contributed by atoms with van der Waals surface area (Å²) in [5.74, 6) is -0.965. The quantitative estimate of drug-likeness (QED) is 0.259. The summed E-state index contributed by atoms with van der Waals surface area (Å²) in [6.07, 6.45) is 4.51. The first-order chi connectivity index (χ1) is 17.9. The van der Waals surface area contributed by atoms with Crippen LogP contribution in [0.15, 0.2) is 84.6 Å². The number of amides is 4. The third kappa shape index (κ3) is 4.70. The van der Waals surface area contributed by atoms with Gasteiger partial charge in [-0.05, 0) is 54.7 Å². The first kappa shape index (κ1) is 24.3. The number of carbonyl (C=O) groups excluding carboxylic acids is 3. The standard InChI is InChI=1S/C31H29N3O3/c1-4-21(3)23-13-15-25(16-14-23)34-30(36)27(29(35)32-31(34)37)17-24-19-33(28-8-6-5-7-26(24)28)18-22-11-9-20(2)10-12-22/h5-17,19,21H,4,18H2,1-3H3,(H,32,35,37)/b27-17-/t21-/m1/s1. The third-order valence-corrected chi connectivity index (χ3v) is 7.03. The van der Waals surface area contributed by atoms with Gasteiger partial charge >= 0.3 is 6.03 Å². The highest BCUT2D eigenvalue weighted by molar-refractivity contribution is 6.39. The molecule has 0 aliphatic carbocycles. The van der Waals surface area contributed by atoms with Crippen molar-refractivity contribution < 1.29 is 14.4 Å². The second kappa shape index (κ2) is 9.90. The van der Waals surface area contributed by atoms with Crippen molar-refractivity contribution in [3.63, 3.8) is 0 Å². The van der Waals surface area contributed by atoms with Gasteiger partial charge in [0.1, 0.15) is 5.57 Å². The Morgan fingerprint density at radius 3 is 2.32 bits per heavy atom. The van der Waals surface area contributed by atoms with E-state index in [4.69, 9.17) is 0 Å². The van der Waals surface area contributed by atoms with Crippen LogP contribution >= 0.6 is 0 Å². The summed E-state index contributed by atoms with van der Waals surface area (Å²) in [7, 11) is 0. The Balaban J connectivity index is 1.51. The van der Waals surface area contributed by atoms with Gasteiger partial charge in [-0.25, -0.2) is 9.69 Å². The van der Waals surface area contributed by atoms with Crippen LogP contribution in [0.2, 0.25) is 0 Å². The molecule has 6 heteroatoms. The molecule has 2 heterocycles. The van der Waals surface area contributed by atoms with Crippen molar-refractivity contribution in [2.24, 2.45) is 0 Å². The lowest BCUT2D eigenvalue weighted by Gasteiger charge is -2.26. The number of nitrogens with zero attached hydrogens (tertiary/aromatic N) is 2. The van der Waals surface area contributed by atoms with E-state index in [1.807, 2.05) is 42.6 Å². The Bertz CT molecular complexity index is 1530. The largest absolute Gasteiger partial charge is 0.342 e. The molecule has 186 valence electrons. The monoisotopic (exact) mass is 491 g/mol. The van der Waals surface area contributed by atoms with Gasteiger partial charge in [-0.1, -0.05) is 74.0 Å².